The highest BCUT2D eigenvalue weighted by molar-refractivity contribution is 5.96. The number of hydrazone groups is 1. The molecule has 3 aromatic rings. The lowest BCUT2D eigenvalue weighted by Gasteiger charge is -2.11. The van der Waals surface area contributed by atoms with Crippen LogP contribution in [0, 0.1) is 0 Å². The Hall–Kier alpha value is -4.86. The molecule has 0 aliphatic rings. The molecule has 0 spiro atoms. The SMILES string of the molecule is COc1ccc(C(=O)Oc2ccc(/C=N/NC(=O)CNC(=O)c3ccccc3)cc2OC)cc1OC. The number of nitrogens with zero attached hydrogens (tertiary/aromatic N) is 1. The van der Waals surface area contributed by atoms with Crippen molar-refractivity contribution in [3.63, 3.8) is 0 Å². The van der Waals surface area contributed by atoms with Crippen LogP contribution in [0.1, 0.15) is 26.3 Å². The normalized spacial score (nSPS) is 10.4. The fraction of sp³-hybridized carbons (Fsp3) is 0.154. The number of amides is 2. The number of ether oxygens (including phenoxy) is 4. The molecule has 0 radical (unpaired) electrons. The average molecular weight is 492 g/mol. The van der Waals surface area contributed by atoms with Gasteiger partial charge < -0.3 is 24.3 Å². The van der Waals surface area contributed by atoms with Gasteiger partial charge in [-0.2, -0.15) is 5.10 Å². The number of carbonyl (C=O) groups is 3. The van der Waals surface area contributed by atoms with E-state index in [0.717, 1.165) is 0 Å². The first-order valence-corrected chi connectivity index (χ1v) is 10.7. The summed E-state index contributed by atoms with van der Waals surface area (Å²) in [4.78, 5) is 36.5. The van der Waals surface area contributed by atoms with Crippen LogP contribution in [0.5, 0.6) is 23.0 Å². The summed E-state index contributed by atoms with van der Waals surface area (Å²) in [6, 6.07) is 18.0. The molecule has 2 amide bonds. The highest BCUT2D eigenvalue weighted by Gasteiger charge is 2.15. The summed E-state index contributed by atoms with van der Waals surface area (Å²) >= 11 is 0. The van der Waals surface area contributed by atoms with Crippen molar-refractivity contribution in [2.75, 3.05) is 27.9 Å². The minimum Gasteiger partial charge on any atom is -0.493 e. The van der Waals surface area contributed by atoms with Gasteiger partial charge in [0.1, 0.15) is 0 Å². The van der Waals surface area contributed by atoms with E-state index < -0.39 is 11.9 Å². The van der Waals surface area contributed by atoms with Gasteiger partial charge in [-0.15, -0.1) is 0 Å². The van der Waals surface area contributed by atoms with Gasteiger partial charge in [0.05, 0.1) is 39.7 Å². The quantitative estimate of drug-likeness (QED) is 0.193. The van der Waals surface area contributed by atoms with Crippen molar-refractivity contribution < 1.29 is 33.3 Å². The van der Waals surface area contributed by atoms with Crippen LogP contribution >= 0.6 is 0 Å². The lowest BCUT2D eigenvalue weighted by Crippen LogP contribution is -2.34. The maximum atomic E-state index is 12.6. The van der Waals surface area contributed by atoms with Gasteiger partial charge >= 0.3 is 5.97 Å². The van der Waals surface area contributed by atoms with Crippen LogP contribution < -0.4 is 29.7 Å². The number of esters is 1. The monoisotopic (exact) mass is 491 g/mol. The Labute approximate surface area is 207 Å². The maximum Gasteiger partial charge on any atom is 0.343 e. The van der Waals surface area contributed by atoms with E-state index in [9.17, 15) is 14.4 Å². The van der Waals surface area contributed by atoms with E-state index in [1.54, 1.807) is 60.7 Å². The third-order valence-electron chi connectivity index (χ3n) is 4.86. The summed E-state index contributed by atoms with van der Waals surface area (Å²) in [7, 11) is 4.40. The molecule has 10 nitrogen and oxygen atoms in total. The molecule has 3 rings (SSSR count). The number of rotatable bonds is 10. The van der Waals surface area contributed by atoms with Crippen molar-refractivity contribution in [3.05, 3.63) is 83.4 Å². The van der Waals surface area contributed by atoms with Crippen molar-refractivity contribution in [1.82, 2.24) is 10.7 Å². The van der Waals surface area contributed by atoms with Gasteiger partial charge in [0.2, 0.25) is 0 Å². The summed E-state index contributed by atoms with van der Waals surface area (Å²) < 4.78 is 21.2. The van der Waals surface area contributed by atoms with Gasteiger partial charge in [0.15, 0.2) is 23.0 Å². The standard InChI is InChI=1S/C26H25N3O7/c1-33-20-12-10-19(14-23(20)35-3)26(32)36-21-11-9-17(13-22(21)34-2)15-28-29-24(30)16-27-25(31)18-7-5-4-6-8-18/h4-15H,16H2,1-3H3,(H,27,31)(H,29,30)/b28-15+. The van der Waals surface area contributed by atoms with E-state index in [0.29, 0.717) is 22.6 Å². The van der Waals surface area contributed by atoms with E-state index in [1.807, 2.05) is 0 Å². The van der Waals surface area contributed by atoms with Gasteiger partial charge in [-0.25, -0.2) is 10.2 Å². The minimum absolute atomic E-state index is 0.196. The number of hydrogen-bond donors (Lipinski definition) is 2. The van der Waals surface area contributed by atoms with Crippen molar-refractivity contribution in [3.8, 4) is 23.0 Å². The van der Waals surface area contributed by atoms with Gasteiger partial charge in [0.25, 0.3) is 11.8 Å². The summed E-state index contributed by atoms with van der Waals surface area (Å²) in [5.41, 5.74) is 3.62. The minimum atomic E-state index is -0.611. The molecule has 0 aliphatic carbocycles. The van der Waals surface area contributed by atoms with Crippen LogP contribution in [-0.4, -0.2) is 51.9 Å². The average Bonchev–Trinajstić information content (AvgIpc) is 2.92. The van der Waals surface area contributed by atoms with Crippen LogP contribution in [-0.2, 0) is 4.79 Å². The van der Waals surface area contributed by atoms with E-state index in [1.165, 1.54) is 33.6 Å². The van der Waals surface area contributed by atoms with Crippen LogP contribution in [0.4, 0.5) is 0 Å². The van der Waals surface area contributed by atoms with Crippen molar-refractivity contribution >= 4 is 24.0 Å². The Morgan fingerprint density at radius 2 is 1.44 bits per heavy atom. The van der Waals surface area contributed by atoms with Gasteiger partial charge in [-0.05, 0) is 54.1 Å². The van der Waals surface area contributed by atoms with Crippen LogP contribution in [0.25, 0.3) is 0 Å². The van der Waals surface area contributed by atoms with Gasteiger partial charge in [0, 0.05) is 5.56 Å². The zero-order valence-electron chi connectivity index (χ0n) is 19.9. The Morgan fingerprint density at radius 3 is 2.14 bits per heavy atom. The molecule has 0 atom stereocenters. The molecular formula is C26H25N3O7. The first-order chi connectivity index (χ1) is 17.4. The molecule has 0 heterocycles. The summed E-state index contributed by atoms with van der Waals surface area (Å²) in [6.07, 6.45) is 1.39. The third-order valence-corrected chi connectivity index (χ3v) is 4.86. The fourth-order valence-electron chi connectivity index (χ4n) is 3.04. The second-order valence-corrected chi connectivity index (χ2v) is 7.21. The molecule has 0 fully saturated rings. The highest BCUT2D eigenvalue weighted by Crippen LogP contribution is 2.31. The second kappa shape index (κ2) is 12.6. The van der Waals surface area contributed by atoms with Crippen LogP contribution in [0.15, 0.2) is 71.8 Å². The molecule has 0 aliphatic heterocycles. The summed E-state index contributed by atoms with van der Waals surface area (Å²) in [5.74, 6) is -0.106. The Morgan fingerprint density at radius 1 is 0.778 bits per heavy atom. The number of hydrogen-bond acceptors (Lipinski definition) is 8. The topological polar surface area (TPSA) is 125 Å². The van der Waals surface area contributed by atoms with Crippen LogP contribution in [0.2, 0.25) is 0 Å². The zero-order valence-corrected chi connectivity index (χ0v) is 19.9. The molecule has 2 N–H and O–H groups in total. The van der Waals surface area contributed by atoms with Gasteiger partial charge in [-0.3, -0.25) is 9.59 Å². The van der Waals surface area contributed by atoms with Crippen molar-refractivity contribution in [1.29, 1.82) is 0 Å². The van der Waals surface area contributed by atoms with Crippen LogP contribution in [0.3, 0.4) is 0 Å². The molecule has 186 valence electrons. The Balaban J connectivity index is 1.57. The highest BCUT2D eigenvalue weighted by atomic mass is 16.6. The maximum absolute atomic E-state index is 12.6. The Bertz CT molecular complexity index is 1260. The number of methoxy groups -OCH3 is 3. The Kier molecular flexibility index (Phi) is 8.99. The molecule has 10 heteroatoms. The summed E-state index contributed by atoms with van der Waals surface area (Å²) in [6.45, 7) is -0.237. The fourth-order valence-corrected chi connectivity index (χ4v) is 3.04. The molecule has 0 saturated heterocycles. The van der Waals surface area contributed by atoms with E-state index in [2.05, 4.69) is 15.8 Å². The second-order valence-electron chi connectivity index (χ2n) is 7.21. The molecule has 36 heavy (non-hydrogen) atoms. The molecule has 0 aromatic heterocycles. The number of benzene rings is 3. The van der Waals surface area contributed by atoms with Gasteiger partial charge in [-0.1, -0.05) is 18.2 Å². The molecule has 0 saturated carbocycles. The predicted molar refractivity (Wildman–Crippen MR) is 132 cm³/mol. The van der Waals surface area contributed by atoms with E-state index in [4.69, 9.17) is 18.9 Å². The third kappa shape index (κ3) is 6.83. The zero-order chi connectivity index (χ0) is 25.9. The van der Waals surface area contributed by atoms with Crippen molar-refractivity contribution in [2.45, 2.75) is 0 Å². The van der Waals surface area contributed by atoms with Crippen molar-refractivity contribution in [2.24, 2.45) is 5.10 Å². The lowest BCUT2D eigenvalue weighted by molar-refractivity contribution is -0.120. The molecule has 3 aromatic carbocycles. The molecule has 0 bridgehead atoms. The molecule has 0 unspecified atom stereocenters. The number of nitrogens with one attached hydrogen (secondary N) is 2. The lowest BCUT2D eigenvalue weighted by atomic mass is 10.2. The first kappa shape index (κ1) is 25.8. The first-order valence-electron chi connectivity index (χ1n) is 10.7. The van der Waals surface area contributed by atoms with E-state index in [-0.39, 0.29) is 29.5 Å². The number of carbonyl (C=O) groups excluding carboxylic acids is 3. The molecular weight excluding hydrogens is 466 g/mol. The summed E-state index contributed by atoms with van der Waals surface area (Å²) in [5, 5.41) is 6.39. The predicted octanol–water partition coefficient (Wildman–Crippen LogP) is 2.81. The smallest absolute Gasteiger partial charge is 0.343 e. The van der Waals surface area contributed by atoms with E-state index >= 15 is 0 Å². The largest absolute Gasteiger partial charge is 0.493 e.